The predicted molar refractivity (Wildman–Crippen MR) is 119 cm³/mol. The van der Waals surface area contributed by atoms with Crippen LogP contribution < -0.4 is 14.2 Å². The molecule has 4 rings (SSSR count). The van der Waals surface area contributed by atoms with Gasteiger partial charge in [0.2, 0.25) is 0 Å². The zero-order valence-corrected chi connectivity index (χ0v) is 18.5. The lowest BCUT2D eigenvalue weighted by Crippen LogP contribution is -2.35. The van der Waals surface area contributed by atoms with E-state index in [0.717, 1.165) is 37.3 Å². The first-order chi connectivity index (χ1) is 15.6. The fraction of sp³-hybridized carbons (Fsp3) is 0.480. The van der Waals surface area contributed by atoms with Gasteiger partial charge in [-0.25, -0.2) is 4.79 Å². The molecule has 1 fully saturated rings. The van der Waals surface area contributed by atoms with Gasteiger partial charge in [-0.05, 0) is 62.2 Å². The largest absolute Gasteiger partial charge is 0.491 e. The number of likely N-dealkylation sites (tertiary alicyclic amines) is 1. The third kappa shape index (κ3) is 5.53. The van der Waals surface area contributed by atoms with Gasteiger partial charge < -0.3 is 24.1 Å². The fourth-order valence-electron chi connectivity index (χ4n) is 4.25. The van der Waals surface area contributed by atoms with E-state index in [1.165, 1.54) is 5.56 Å². The van der Waals surface area contributed by atoms with Crippen molar-refractivity contribution in [1.29, 1.82) is 0 Å². The molecule has 0 spiro atoms. The molecule has 0 bridgehead atoms. The standard InChI is InChI=1S/C25H31NO6/c1-2-29-25(28)19-6-3-7-21(14-19)32-17-20(27)16-26-11-4-8-22(26)18-9-10-23-24(15-18)31-13-5-12-30-23/h3,6-7,9-10,14-15,20,22,27H,2,4-5,8,11-13,16-17H2,1H3. The second kappa shape index (κ2) is 10.7. The van der Waals surface area contributed by atoms with Crippen LogP contribution in [0.1, 0.15) is 48.1 Å². The fourth-order valence-corrected chi connectivity index (χ4v) is 4.25. The maximum absolute atomic E-state index is 11.9. The molecule has 2 aliphatic rings. The van der Waals surface area contributed by atoms with E-state index >= 15 is 0 Å². The van der Waals surface area contributed by atoms with Crippen LogP contribution in [-0.2, 0) is 4.74 Å². The monoisotopic (exact) mass is 441 g/mol. The van der Waals surface area contributed by atoms with Crippen LogP contribution in [-0.4, -0.2) is 61.6 Å². The number of hydrogen-bond donors (Lipinski definition) is 1. The third-order valence-corrected chi connectivity index (χ3v) is 5.75. The highest BCUT2D eigenvalue weighted by atomic mass is 16.5. The number of benzene rings is 2. The van der Waals surface area contributed by atoms with Gasteiger partial charge in [-0.2, -0.15) is 0 Å². The number of fused-ring (bicyclic) bond motifs is 1. The molecule has 2 heterocycles. The van der Waals surface area contributed by atoms with Crippen molar-refractivity contribution in [3.63, 3.8) is 0 Å². The van der Waals surface area contributed by atoms with Gasteiger partial charge in [0.1, 0.15) is 18.5 Å². The van der Waals surface area contributed by atoms with E-state index in [0.29, 0.717) is 37.7 Å². The van der Waals surface area contributed by atoms with Crippen molar-refractivity contribution in [2.45, 2.75) is 38.3 Å². The first-order valence-electron chi connectivity index (χ1n) is 11.4. The minimum atomic E-state index is -0.651. The first kappa shape index (κ1) is 22.4. The normalized spacial score (nSPS) is 19.2. The minimum Gasteiger partial charge on any atom is -0.491 e. The number of aliphatic hydroxyl groups is 1. The Kier molecular flexibility index (Phi) is 7.50. The Labute approximate surface area is 188 Å². The molecule has 2 aliphatic heterocycles. The summed E-state index contributed by atoms with van der Waals surface area (Å²) < 4.78 is 22.4. The Morgan fingerprint density at radius 1 is 1.16 bits per heavy atom. The molecule has 2 aromatic carbocycles. The van der Waals surface area contributed by atoms with Crippen LogP contribution in [0.25, 0.3) is 0 Å². The lowest BCUT2D eigenvalue weighted by molar-refractivity contribution is 0.0524. The molecule has 2 atom stereocenters. The molecule has 0 aromatic heterocycles. The Bertz CT molecular complexity index is 917. The second-order valence-corrected chi connectivity index (χ2v) is 8.12. The second-order valence-electron chi connectivity index (χ2n) is 8.12. The lowest BCUT2D eigenvalue weighted by Gasteiger charge is -2.27. The molecule has 7 heteroatoms. The highest BCUT2D eigenvalue weighted by molar-refractivity contribution is 5.89. The average molecular weight is 442 g/mol. The zero-order chi connectivity index (χ0) is 22.3. The number of nitrogens with zero attached hydrogens (tertiary/aromatic N) is 1. The van der Waals surface area contributed by atoms with Crippen LogP contribution in [0.4, 0.5) is 0 Å². The van der Waals surface area contributed by atoms with Crippen molar-refractivity contribution in [2.75, 3.05) is 39.5 Å². The number of β-amino-alcohol motifs (C(OH)–C–C–N with tert-alkyl or cyclic N) is 1. The maximum Gasteiger partial charge on any atom is 0.338 e. The van der Waals surface area contributed by atoms with E-state index < -0.39 is 6.10 Å². The van der Waals surface area contributed by atoms with Gasteiger partial charge >= 0.3 is 5.97 Å². The number of carbonyl (C=O) groups excluding carboxylic acids is 1. The maximum atomic E-state index is 11.9. The molecule has 1 N–H and O–H groups in total. The van der Waals surface area contributed by atoms with Crippen LogP contribution in [0.5, 0.6) is 17.2 Å². The number of esters is 1. The molecule has 0 aliphatic carbocycles. The highest BCUT2D eigenvalue weighted by Gasteiger charge is 2.28. The Morgan fingerprint density at radius 3 is 2.84 bits per heavy atom. The first-order valence-corrected chi connectivity index (χ1v) is 11.4. The summed E-state index contributed by atoms with van der Waals surface area (Å²) >= 11 is 0. The topological polar surface area (TPSA) is 77.5 Å². The molecular weight excluding hydrogens is 410 g/mol. The third-order valence-electron chi connectivity index (χ3n) is 5.75. The molecular formula is C25H31NO6. The van der Waals surface area contributed by atoms with Crippen LogP contribution in [0.3, 0.4) is 0 Å². The van der Waals surface area contributed by atoms with Gasteiger partial charge in [-0.1, -0.05) is 12.1 Å². The summed E-state index contributed by atoms with van der Waals surface area (Å²) in [5.74, 6) is 1.76. The van der Waals surface area contributed by atoms with Crippen molar-refractivity contribution >= 4 is 5.97 Å². The molecule has 7 nitrogen and oxygen atoms in total. The molecule has 0 saturated carbocycles. The summed E-state index contributed by atoms with van der Waals surface area (Å²) in [4.78, 5) is 14.2. The minimum absolute atomic E-state index is 0.149. The molecule has 32 heavy (non-hydrogen) atoms. The van der Waals surface area contributed by atoms with Gasteiger partial charge in [0.25, 0.3) is 0 Å². The summed E-state index contributed by atoms with van der Waals surface area (Å²) in [5.41, 5.74) is 1.62. The van der Waals surface area contributed by atoms with E-state index in [1.807, 2.05) is 6.07 Å². The SMILES string of the molecule is CCOC(=O)c1cccc(OCC(O)CN2CCCC2c2ccc3c(c2)OCCCO3)c1. The molecule has 2 aromatic rings. The van der Waals surface area contributed by atoms with Crippen LogP contribution in [0.2, 0.25) is 0 Å². The summed E-state index contributed by atoms with van der Waals surface area (Å²) in [7, 11) is 0. The van der Waals surface area contributed by atoms with Crippen molar-refractivity contribution in [2.24, 2.45) is 0 Å². The van der Waals surface area contributed by atoms with E-state index in [1.54, 1.807) is 31.2 Å². The Balaban J connectivity index is 1.34. The van der Waals surface area contributed by atoms with Crippen molar-refractivity contribution < 1.29 is 28.8 Å². The van der Waals surface area contributed by atoms with Gasteiger partial charge in [0.05, 0.1) is 25.4 Å². The summed E-state index contributed by atoms with van der Waals surface area (Å²) in [6, 6.07) is 13.2. The smallest absolute Gasteiger partial charge is 0.338 e. The van der Waals surface area contributed by atoms with E-state index in [4.69, 9.17) is 18.9 Å². The number of ether oxygens (including phenoxy) is 4. The van der Waals surface area contributed by atoms with Gasteiger partial charge in [0.15, 0.2) is 11.5 Å². The average Bonchev–Trinajstić information content (AvgIpc) is 3.13. The number of carbonyl (C=O) groups is 1. The summed E-state index contributed by atoms with van der Waals surface area (Å²) in [6.45, 7) is 5.02. The number of hydrogen-bond acceptors (Lipinski definition) is 7. The van der Waals surface area contributed by atoms with E-state index in [2.05, 4.69) is 17.0 Å². The lowest BCUT2D eigenvalue weighted by atomic mass is 10.0. The molecule has 0 radical (unpaired) electrons. The number of aliphatic hydroxyl groups excluding tert-OH is 1. The molecule has 1 saturated heterocycles. The van der Waals surface area contributed by atoms with Gasteiger partial charge in [-0.15, -0.1) is 0 Å². The zero-order valence-electron chi connectivity index (χ0n) is 18.5. The summed E-state index contributed by atoms with van der Waals surface area (Å²) in [5, 5.41) is 10.6. The Morgan fingerprint density at radius 2 is 2.00 bits per heavy atom. The van der Waals surface area contributed by atoms with Crippen molar-refractivity contribution in [3.8, 4) is 17.2 Å². The van der Waals surface area contributed by atoms with Crippen LogP contribution >= 0.6 is 0 Å². The van der Waals surface area contributed by atoms with Crippen molar-refractivity contribution in [3.05, 3.63) is 53.6 Å². The predicted octanol–water partition coefficient (Wildman–Crippen LogP) is 3.60. The van der Waals surface area contributed by atoms with Crippen LogP contribution in [0, 0.1) is 0 Å². The summed E-state index contributed by atoms with van der Waals surface area (Å²) in [6.07, 6.45) is 2.35. The van der Waals surface area contributed by atoms with Gasteiger partial charge in [-0.3, -0.25) is 4.90 Å². The highest BCUT2D eigenvalue weighted by Crippen LogP contribution is 2.37. The van der Waals surface area contributed by atoms with Gasteiger partial charge in [0, 0.05) is 19.0 Å². The van der Waals surface area contributed by atoms with E-state index in [-0.39, 0.29) is 18.6 Å². The van der Waals surface area contributed by atoms with Crippen LogP contribution in [0.15, 0.2) is 42.5 Å². The quantitative estimate of drug-likeness (QED) is 0.627. The number of rotatable bonds is 8. The molecule has 172 valence electrons. The molecule has 0 amide bonds. The Hall–Kier alpha value is -2.77. The van der Waals surface area contributed by atoms with Crippen molar-refractivity contribution in [1.82, 2.24) is 4.90 Å². The van der Waals surface area contributed by atoms with E-state index in [9.17, 15) is 9.90 Å². The molecule has 2 unspecified atom stereocenters.